The van der Waals surface area contributed by atoms with E-state index in [0.717, 1.165) is 19.3 Å². The summed E-state index contributed by atoms with van der Waals surface area (Å²) >= 11 is -2.17. The molecule has 0 amide bonds. The number of hydrogen-bond acceptors (Lipinski definition) is 1. The standard InChI is InChI=1S/C6H9O.3C4H9.Sn/c1-2-3-4-5-6-7;3*1-3-4-2;/h7H,3-6H2;3*1,3-4H2,2H3;. The fourth-order valence-electron chi connectivity index (χ4n) is 2.68. The summed E-state index contributed by atoms with van der Waals surface area (Å²) in [6, 6.07) is 0. The minimum atomic E-state index is -2.17. The zero-order valence-corrected chi connectivity index (χ0v) is 17.0. The zero-order valence-electron chi connectivity index (χ0n) is 14.1. The molecule has 0 aromatic rings. The number of hydrogen-bond donors (Lipinski definition) is 1. The van der Waals surface area contributed by atoms with Crippen molar-refractivity contribution in [2.75, 3.05) is 6.61 Å². The van der Waals surface area contributed by atoms with E-state index >= 15 is 0 Å². The van der Waals surface area contributed by atoms with Crippen molar-refractivity contribution in [2.24, 2.45) is 0 Å². The van der Waals surface area contributed by atoms with Gasteiger partial charge in [0.25, 0.3) is 0 Å². The molecule has 0 saturated heterocycles. The summed E-state index contributed by atoms with van der Waals surface area (Å²) in [6.45, 7) is 7.25. The van der Waals surface area contributed by atoms with Gasteiger partial charge in [0.05, 0.1) is 0 Å². The fourth-order valence-corrected chi connectivity index (χ4v) is 16.1. The van der Waals surface area contributed by atoms with E-state index in [0.29, 0.717) is 6.61 Å². The van der Waals surface area contributed by atoms with Crippen LogP contribution in [0.5, 0.6) is 0 Å². The molecule has 20 heavy (non-hydrogen) atoms. The van der Waals surface area contributed by atoms with Gasteiger partial charge in [-0.2, -0.15) is 0 Å². The van der Waals surface area contributed by atoms with Gasteiger partial charge < -0.3 is 0 Å². The Hall–Kier alpha value is 0.319. The van der Waals surface area contributed by atoms with Crippen LogP contribution in [0.1, 0.15) is 78.6 Å². The number of aliphatic hydroxyl groups is 1. The maximum atomic E-state index is 8.84. The Labute approximate surface area is 131 Å². The predicted molar refractivity (Wildman–Crippen MR) is 93.6 cm³/mol. The molecule has 0 rings (SSSR count). The molecular weight excluding hydrogens is 351 g/mol. The van der Waals surface area contributed by atoms with E-state index in [1.807, 2.05) is 0 Å². The van der Waals surface area contributed by atoms with E-state index in [9.17, 15) is 0 Å². The van der Waals surface area contributed by atoms with Crippen molar-refractivity contribution in [3.63, 3.8) is 0 Å². The van der Waals surface area contributed by atoms with E-state index in [1.165, 1.54) is 51.8 Å². The number of unbranched alkanes of at least 4 members (excludes halogenated alkanes) is 5. The second-order valence-corrected chi connectivity index (χ2v) is 18.4. The summed E-state index contributed by atoms with van der Waals surface area (Å²) < 4.78 is 8.33. The summed E-state index contributed by atoms with van der Waals surface area (Å²) in [5.74, 6) is 3.52. The molecular formula is C18H36OSn. The van der Waals surface area contributed by atoms with E-state index in [4.69, 9.17) is 5.11 Å². The molecule has 0 heterocycles. The van der Waals surface area contributed by atoms with Gasteiger partial charge in [0.15, 0.2) is 0 Å². The van der Waals surface area contributed by atoms with Crippen molar-refractivity contribution >= 4 is 18.4 Å². The van der Waals surface area contributed by atoms with Crippen LogP contribution in [0.25, 0.3) is 0 Å². The normalized spacial score (nSPS) is 11.2. The second kappa shape index (κ2) is 14.3. The van der Waals surface area contributed by atoms with Crippen LogP contribution < -0.4 is 0 Å². The predicted octanol–water partition coefficient (Wildman–Crippen LogP) is 5.54. The average molecular weight is 387 g/mol. The molecule has 0 aliphatic rings. The van der Waals surface area contributed by atoms with Crippen LogP contribution >= 0.6 is 0 Å². The van der Waals surface area contributed by atoms with E-state index in [2.05, 4.69) is 30.6 Å². The Morgan fingerprint density at radius 2 is 1.25 bits per heavy atom. The second-order valence-electron chi connectivity index (χ2n) is 6.07. The number of rotatable bonds is 12. The molecule has 0 atom stereocenters. The third-order valence-electron chi connectivity index (χ3n) is 4.09. The van der Waals surface area contributed by atoms with Crippen molar-refractivity contribution in [2.45, 2.75) is 91.9 Å². The Morgan fingerprint density at radius 3 is 1.65 bits per heavy atom. The molecule has 0 unspecified atom stereocenters. The molecule has 0 radical (unpaired) electrons. The molecule has 0 bridgehead atoms. The van der Waals surface area contributed by atoms with Crippen molar-refractivity contribution in [1.82, 2.24) is 0 Å². The zero-order chi connectivity index (χ0) is 15.1. The van der Waals surface area contributed by atoms with Crippen molar-refractivity contribution in [3.05, 3.63) is 0 Å². The SMILES string of the molecule is CCC[CH2][Sn]([C]#CCCCCO)([CH2]CCC)[CH2]CCC. The van der Waals surface area contributed by atoms with E-state index in [-0.39, 0.29) is 0 Å². The minimum absolute atomic E-state index is 0.317. The molecule has 0 aromatic carbocycles. The first-order valence-corrected chi connectivity index (χ1v) is 16.3. The molecule has 0 fully saturated rings. The Morgan fingerprint density at radius 1 is 0.750 bits per heavy atom. The van der Waals surface area contributed by atoms with Crippen LogP contribution in [-0.4, -0.2) is 30.1 Å². The average Bonchev–Trinajstić information content (AvgIpc) is 2.48. The summed E-state index contributed by atoms with van der Waals surface area (Å²) in [7, 11) is 0. The Bertz CT molecular complexity index is 243. The first-order valence-electron chi connectivity index (χ1n) is 8.85. The molecule has 1 N–H and O–H groups in total. The molecule has 1 nitrogen and oxygen atoms in total. The van der Waals surface area contributed by atoms with Gasteiger partial charge in [0, 0.05) is 0 Å². The van der Waals surface area contributed by atoms with Gasteiger partial charge in [-0.15, -0.1) is 0 Å². The van der Waals surface area contributed by atoms with Crippen LogP contribution in [0.15, 0.2) is 0 Å². The summed E-state index contributed by atoms with van der Waals surface area (Å²) in [5, 5.41) is 8.84. The van der Waals surface area contributed by atoms with Gasteiger partial charge in [-0.1, -0.05) is 0 Å². The molecule has 2 heteroatoms. The Balaban J connectivity index is 4.64. The quantitative estimate of drug-likeness (QED) is 0.265. The molecule has 0 saturated carbocycles. The molecule has 0 aliphatic heterocycles. The molecule has 0 aromatic heterocycles. The number of aliphatic hydroxyl groups excluding tert-OH is 1. The Kier molecular flexibility index (Phi) is 14.5. The summed E-state index contributed by atoms with van der Waals surface area (Å²) in [6.07, 6.45) is 11.1. The van der Waals surface area contributed by atoms with Gasteiger partial charge in [-0.3, -0.25) is 0 Å². The van der Waals surface area contributed by atoms with Crippen molar-refractivity contribution < 1.29 is 5.11 Å². The molecule has 118 valence electrons. The van der Waals surface area contributed by atoms with Crippen LogP contribution in [0.3, 0.4) is 0 Å². The van der Waals surface area contributed by atoms with E-state index in [1.54, 1.807) is 0 Å². The molecule has 0 spiro atoms. The first-order chi connectivity index (χ1) is 9.74. The van der Waals surface area contributed by atoms with Crippen LogP contribution in [-0.2, 0) is 0 Å². The van der Waals surface area contributed by atoms with Crippen molar-refractivity contribution in [3.8, 4) is 9.86 Å². The van der Waals surface area contributed by atoms with Crippen LogP contribution in [0, 0.1) is 9.86 Å². The van der Waals surface area contributed by atoms with Gasteiger partial charge in [0.1, 0.15) is 0 Å². The van der Waals surface area contributed by atoms with Crippen molar-refractivity contribution in [1.29, 1.82) is 0 Å². The molecule has 0 aliphatic carbocycles. The third-order valence-corrected chi connectivity index (χ3v) is 17.3. The topological polar surface area (TPSA) is 20.2 Å². The van der Waals surface area contributed by atoms with Gasteiger partial charge >= 0.3 is 132 Å². The third kappa shape index (κ3) is 10.1. The monoisotopic (exact) mass is 388 g/mol. The first kappa shape index (κ1) is 20.3. The van der Waals surface area contributed by atoms with Crippen LogP contribution in [0.4, 0.5) is 0 Å². The summed E-state index contributed by atoms with van der Waals surface area (Å²) in [4.78, 5) is 0. The fraction of sp³-hybridized carbons (Fsp3) is 0.889. The van der Waals surface area contributed by atoms with Crippen LogP contribution in [0.2, 0.25) is 13.3 Å². The maximum absolute atomic E-state index is 8.84. The summed E-state index contributed by atoms with van der Waals surface area (Å²) in [5.41, 5.74) is 0. The van der Waals surface area contributed by atoms with Gasteiger partial charge in [-0.05, 0) is 0 Å². The van der Waals surface area contributed by atoms with Gasteiger partial charge in [0.2, 0.25) is 0 Å². The van der Waals surface area contributed by atoms with E-state index < -0.39 is 18.4 Å². The van der Waals surface area contributed by atoms with Gasteiger partial charge in [-0.25, -0.2) is 0 Å².